The molecule has 0 saturated heterocycles. The maximum absolute atomic E-state index is 12.7. The normalized spacial score (nSPS) is 13.3. The number of aryl methyl sites for hydroxylation is 1. The lowest BCUT2D eigenvalue weighted by Crippen LogP contribution is -2.16. The minimum absolute atomic E-state index is 0.400. The molecule has 0 aliphatic rings. The van der Waals surface area contributed by atoms with E-state index < -0.39 is 17.8 Å². The summed E-state index contributed by atoms with van der Waals surface area (Å²) in [6.07, 6.45) is -2.79. The predicted octanol–water partition coefficient (Wildman–Crippen LogP) is 3.46. The Labute approximate surface area is 109 Å². The van der Waals surface area contributed by atoms with Gasteiger partial charge in [0.1, 0.15) is 0 Å². The van der Waals surface area contributed by atoms with Crippen LogP contribution < -0.4 is 5.73 Å². The lowest BCUT2D eigenvalue weighted by atomic mass is 9.99. The van der Waals surface area contributed by atoms with Gasteiger partial charge in [-0.15, -0.1) is 0 Å². The smallest absolute Gasteiger partial charge is 0.319 e. The molecule has 0 radical (unpaired) electrons. The average molecular weight is 266 g/mol. The van der Waals surface area contributed by atoms with E-state index in [0.717, 1.165) is 17.7 Å². The number of benzene rings is 1. The Bertz CT molecular complexity index is 579. The maximum Gasteiger partial charge on any atom is 0.416 e. The molecule has 0 fully saturated rings. The molecular weight excluding hydrogens is 253 g/mol. The van der Waals surface area contributed by atoms with Gasteiger partial charge in [-0.2, -0.15) is 13.2 Å². The van der Waals surface area contributed by atoms with Gasteiger partial charge in [0.2, 0.25) is 0 Å². The van der Waals surface area contributed by atoms with Crippen molar-refractivity contribution in [2.45, 2.75) is 19.1 Å². The van der Waals surface area contributed by atoms with Crippen LogP contribution in [0.25, 0.3) is 0 Å². The van der Waals surface area contributed by atoms with Crippen molar-refractivity contribution in [3.63, 3.8) is 0 Å². The molecule has 0 bridgehead atoms. The Hall–Kier alpha value is -1.88. The summed E-state index contributed by atoms with van der Waals surface area (Å²) in [4.78, 5) is 4.14. The molecule has 0 amide bonds. The highest BCUT2D eigenvalue weighted by atomic mass is 19.4. The zero-order valence-corrected chi connectivity index (χ0v) is 10.3. The standard InChI is InChI=1S/C14H13F3N2/c1-9-4-3-7-19-13(9)12(18)10-5-2-6-11(8-10)14(15,16)17/h2-8,12H,18H2,1H3. The molecule has 19 heavy (non-hydrogen) atoms. The van der Waals surface area contributed by atoms with Crippen LogP contribution in [-0.2, 0) is 6.18 Å². The summed E-state index contributed by atoms with van der Waals surface area (Å²) >= 11 is 0. The van der Waals surface area contributed by atoms with Gasteiger partial charge in [-0.05, 0) is 36.2 Å². The van der Waals surface area contributed by atoms with Gasteiger partial charge in [0, 0.05) is 6.20 Å². The van der Waals surface area contributed by atoms with Gasteiger partial charge in [-0.1, -0.05) is 18.2 Å². The Balaban J connectivity index is 2.40. The number of pyridine rings is 1. The van der Waals surface area contributed by atoms with Crippen molar-refractivity contribution in [2.24, 2.45) is 5.73 Å². The summed E-state index contributed by atoms with van der Waals surface area (Å²) in [5.41, 5.74) is 7.14. The van der Waals surface area contributed by atoms with Crippen LogP contribution in [-0.4, -0.2) is 4.98 Å². The van der Waals surface area contributed by atoms with Crippen molar-refractivity contribution in [3.8, 4) is 0 Å². The molecule has 0 saturated carbocycles. The number of nitrogens with zero attached hydrogens (tertiary/aromatic N) is 1. The van der Waals surface area contributed by atoms with Gasteiger partial charge >= 0.3 is 6.18 Å². The summed E-state index contributed by atoms with van der Waals surface area (Å²) in [6, 6.07) is 7.96. The number of nitrogens with two attached hydrogens (primary N) is 1. The topological polar surface area (TPSA) is 38.9 Å². The third-order valence-corrected chi connectivity index (χ3v) is 2.92. The van der Waals surface area contributed by atoms with E-state index in [1.807, 2.05) is 13.0 Å². The highest BCUT2D eigenvalue weighted by molar-refractivity contribution is 5.34. The highest BCUT2D eigenvalue weighted by Crippen LogP contribution is 2.31. The minimum atomic E-state index is -4.37. The first-order valence-electron chi connectivity index (χ1n) is 5.74. The Morgan fingerprint density at radius 1 is 1.16 bits per heavy atom. The van der Waals surface area contributed by atoms with E-state index in [1.165, 1.54) is 6.07 Å². The molecule has 0 spiro atoms. The number of hydrogen-bond acceptors (Lipinski definition) is 2. The lowest BCUT2D eigenvalue weighted by Gasteiger charge is -2.15. The van der Waals surface area contributed by atoms with Crippen LogP contribution in [0.5, 0.6) is 0 Å². The van der Waals surface area contributed by atoms with E-state index in [0.29, 0.717) is 11.3 Å². The number of aromatic nitrogens is 1. The molecular formula is C14H13F3N2. The van der Waals surface area contributed by atoms with Crippen molar-refractivity contribution >= 4 is 0 Å². The molecule has 100 valence electrons. The molecule has 2 nitrogen and oxygen atoms in total. The van der Waals surface area contributed by atoms with Crippen LogP contribution in [0.4, 0.5) is 13.2 Å². The van der Waals surface area contributed by atoms with Crippen LogP contribution in [0.3, 0.4) is 0 Å². The fraction of sp³-hybridized carbons (Fsp3) is 0.214. The monoisotopic (exact) mass is 266 g/mol. The maximum atomic E-state index is 12.7. The van der Waals surface area contributed by atoms with Crippen LogP contribution in [0.1, 0.15) is 28.4 Å². The van der Waals surface area contributed by atoms with E-state index in [-0.39, 0.29) is 0 Å². The molecule has 1 aromatic heterocycles. The van der Waals surface area contributed by atoms with E-state index in [4.69, 9.17) is 5.73 Å². The molecule has 2 N–H and O–H groups in total. The zero-order valence-electron chi connectivity index (χ0n) is 10.3. The van der Waals surface area contributed by atoms with Gasteiger partial charge in [0.15, 0.2) is 0 Å². The predicted molar refractivity (Wildman–Crippen MR) is 66.4 cm³/mol. The number of hydrogen-bond donors (Lipinski definition) is 1. The fourth-order valence-electron chi connectivity index (χ4n) is 1.89. The Morgan fingerprint density at radius 2 is 1.89 bits per heavy atom. The summed E-state index contributed by atoms with van der Waals surface area (Å²) in [7, 11) is 0. The van der Waals surface area contributed by atoms with Gasteiger partial charge in [0.25, 0.3) is 0 Å². The summed E-state index contributed by atoms with van der Waals surface area (Å²) in [6.45, 7) is 1.83. The van der Waals surface area contributed by atoms with Crippen LogP contribution in [0.2, 0.25) is 0 Å². The van der Waals surface area contributed by atoms with E-state index in [2.05, 4.69) is 4.98 Å². The first-order chi connectivity index (χ1) is 8.89. The fourth-order valence-corrected chi connectivity index (χ4v) is 1.89. The Morgan fingerprint density at radius 3 is 2.53 bits per heavy atom. The van der Waals surface area contributed by atoms with E-state index >= 15 is 0 Å². The van der Waals surface area contributed by atoms with Crippen molar-refractivity contribution in [3.05, 3.63) is 65.0 Å². The zero-order chi connectivity index (χ0) is 14.0. The van der Waals surface area contributed by atoms with Gasteiger partial charge < -0.3 is 5.73 Å². The first kappa shape index (κ1) is 13.5. The van der Waals surface area contributed by atoms with Gasteiger partial charge in [0.05, 0.1) is 17.3 Å². The molecule has 1 heterocycles. The second-order valence-electron chi connectivity index (χ2n) is 4.31. The van der Waals surface area contributed by atoms with E-state index in [9.17, 15) is 13.2 Å². The molecule has 1 unspecified atom stereocenters. The van der Waals surface area contributed by atoms with Crippen LogP contribution in [0, 0.1) is 6.92 Å². The molecule has 0 aliphatic carbocycles. The number of rotatable bonds is 2. The van der Waals surface area contributed by atoms with Crippen molar-refractivity contribution in [2.75, 3.05) is 0 Å². The molecule has 5 heteroatoms. The van der Waals surface area contributed by atoms with Crippen molar-refractivity contribution in [1.29, 1.82) is 0 Å². The first-order valence-corrected chi connectivity index (χ1v) is 5.74. The highest BCUT2D eigenvalue weighted by Gasteiger charge is 2.31. The number of halogens is 3. The quantitative estimate of drug-likeness (QED) is 0.904. The van der Waals surface area contributed by atoms with Crippen molar-refractivity contribution < 1.29 is 13.2 Å². The largest absolute Gasteiger partial charge is 0.416 e. The molecule has 1 atom stereocenters. The molecule has 1 aromatic carbocycles. The number of alkyl halides is 3. The summed E-state index contributed by atoms with van der Waals surface area (Å²) < 4.78 is 38.0. The van der Waals surface area contributed by atoms with Crippen LogP contribution >= 0.6 is 0 Å². The third-order valence-electron chi connectivity index (χ3n) is 2.92. The van der Waals surface area contributed by atoms with Crippen LogP contribution in [0.15, 0.2) is 42.6 Å². The average Bonchev–Trinajstić information content (AvgIpc) is 2.38. The second kappa shape index (κ2) is 5.01. The molecule has 2 aromatic rings. The summed E-state index contributed by atoms with van der Waals surface area (Å²) in [5, 5.41) is 0. The third kappa shape index (κ3) is 2.93. The minimum Gasteiger partial charge on any atom is -0.319 e. The SMILES string of the molecule is Cc1cccnc1C(N)c1cccc(C(F)(F)F)c1. The van der Waals surface area contributed by atoms with Gasteiger partial charge in [-0.3, -0.25) is 4.98 Å². The van der Waals surface area contributed by atoms with Crippen molar-refractivity contribution in [1.82, 2.24) is 4.98 Å². The molecule has 0 aliphatic heterocycles. The summed E-state index contributed by atoms with van der Waals surface area (Å²) in [5.74, 6) is 0. The lowest BCUT2D eigenvalue weighted by molar-refractivity contribution is -0.137. The Kier molecular flexibility index (Phi) is 3.57. The van der Waals surface area contributed by atoms with Gasteiger partial charge in [-0.25, -0.2) is 0 Å². The van der Waals surface area contributed by atoms with E-state index in [1.54, 1.807) is 18.3 Å². The molecule has 2 rings (SSSR count). The second-order valence-corrected chi connectivity index (χ2v) is 4.31.